The number of Topliss-reactive ketones (excluding diaryl/α,β-unsaturated/α-hetero) is 1. The highest BCUT2D eigenvalue weighted by molar-refractivity contribution is 5.95. The van der Waals surface area contributed by atoms with E-state index >= 15 is 0 Å². The number of ketones is 1. The summed E-state index contributed by atoms with van der Waals surface area (Å²) in [5, 5.41) is 2.84. The second kappa shape index (κ2) is 7.12. The normalized spacial score (nSPS) is 17.4. The van der Waals surface area contributed by atoms with Gasteiger partial charge in [0, 0.05) is 18.8 Å². The van der Waals surface area contributed by atoms with Gasteiger partial charge in [0.1, 0.15) is 0 Å². The summed E-state index contributed by atoms with van der Waals surface area (Å²) in [5.74, 6) is 0.116. The monoisotopic (exact) mass is 275 g/mol. The Morgan fingerprint density at radius 2 is 1.90 bits per heavy atom. The molecular weight excluding hydrogens is 254 g/mol. The number of nitrogens with zero attached hydrogens (tertiary/aromatic N) is 2. The van der Waals surface area contributed by atoms with Crippen molar-refractivity contribution in [3.63, 3.8) is 0 Å². The third-order valence-electron chi connectivity index (χ3n) is 3.87. The molecule has 108 valence electrons. The van der Waals surface area contributed by atoms with Crippen LogP contribution in [0.2, 0.25) is 0 Å². The third-order valence-corrected chi connectivity index (χ3v) is 3.87. The van der Waals surface area contributed by atoms with Crippen molar-refractivity contribution in [2.75, 3.05) is 0 Å². The van der Waals surface area contributed by atoms with Gasteiger partial charge in [-0.3, -0.25) is 9.59 Å². The van der Waals surface area contributed by atoms with Gasteiger partial charge in [0.2, 0.25) is 5.82 Å². The van der Waals surface area contributed by atoms with Gasteiger partial charge in [0.15, 0.2) is 5.78 Å². The number of hydrogen-bond acceptors (Lipinski definition) is 4. The van der Waals surface area contributed by atoms with Gasteiger partial charge in [0.05, 0.1) is 6.04 Å². The molecule has 2 rings (SSSR count). The maximum Gasteiger partial charge on any atom is 0.289 e. The quantitative estimate of drug-likeness (QED) is 0.893. The molecule has 1 saturated carbocycles. The van der Waals surface area contributed by atoms with Gasteiger partial charge in [-0.15, -0.1) is 0 Å². The van der Waals surface area contributed by atoms with Gasteiger partial charge >= 0.3 is 0 Å². The fourth-order valence-corrected chi connectivity index (χ4v) is 2.77. The average Bonchev–Trinajstić information content (AvgIpc) is 2.53. The number of nitrogens with one attached hydrogen (secondary N) is 1. The Labute approximate surface area is 119 Å². The van der Waals surface area contributed by atoms with Crippen LogP contribution in [-0.2, 0) is 4.79 Å². The summed E-state index contributed by atoms with van der Waals surface area (Å²) in [6.07, 6.45) is 9.00. The molecule has 1 fully saturated rings. The lowest BCUT2D eigenvalue weighted by Crippen LogP contribution is -2.46. The van der Waals surface area contributed by atoms with Crippen LogP contribution in [0.1, 0.15) is 56.1 Å². The topological polar surface area (TPSA) is 72.0 Å². The van der Waals surface area contributed by atoms with E-state index < -0.39 is 6.04 Å². The highest BCUT2D eigenvalue weighted by Crippen LogP contribution is 2.27. The molecule has 0 spiro atoms. The van der Waals surface area contributed by atoms with Crippen molar-refractivity contribution in [2.45, 2.75) is 51.5 Å². The van der Waals surface area contributed by atoms with E-state index in [0.717, 1.165) is 25.7 Å². The molecule has 1 heterocycles. The van der Waals surface area contributed by atoms with Crippen LogP contribution in [0.5, 0.6) is 0 Å². The predicted molar refractivity (Wildman–Crippen MR) is 75.2 cm³/mol. The van der Waals surface area contributed by atoms with Crippen LogP contribution in [0.4, 0.5) is 0 Å². The first-order valence-electron chi connectivity index (χ1n) is 7.33. The molecule has 0 aliphatic heterocycles. The maximum atomic E-state index is 12.1. The average molecular weight is 275 g/mol. The summed E-state index contributed by atoms with van der Waals surface area (Å²) in [7, 11) is 0. The standard InChI is InChI=1S/C15H21N3O2/c1-2-12(19)13(11-7-4-3-5-8-11)18-15(20)14-16-9-6-10-17-14/h6,9-11,13H,2-5,7-8H2,1H3,(H,18,20)/t13-/m1/s1. The van der Waals surface area contributed by atoms with E-state index in [1.807, 2.05) is 6.92 Å². The lowest BCUT2D eigenvalue weighted by atomic mass is 9.82. The first kappa shape index (κ1) is 14.6. The second-order valence-electron chi connectivity index (χ2n) is 5.24. The van der Waals surface area contributed by atoms with Crippen LogP contribution in [0.15, 0.2) is 18.5 Å². The molecule has 1 amide bonds. The summed E-state index contributed by atoms with van der Waals surface area (Å²) >= 11 is 0. The minimum atomic E-state index is -0.392. The van der Waals surface area contributed by atoms with E-state index in [4.69, 9.17) is 0 Å². The molecule has 1 aliphatic rings. The summed E-state index contributed by atoms with van der Waals surface area (Å²) < 4.78 is 0. The van der Waals surface area contributed by atoms with Gasteiger partial charge in [-0.05, 0) is 24.8 Å². The zero-order chi connectivity index (χ0) is 14.4. The maximum absolute atomic E-state index is 12.1. The Bertz CT molecular complexity index is 455. The smallest absolute Gasteiger partial charge is 0.289 e. The Morgan fingerprint density at radius 1 is 1.25 bits per heavy atom. The molecule has 0 saturated heterocycles. The lowest BCUT2D eigenvalue weighted by molar-refractivity contribution is -0.122. The zero-order valence-electron chi connectivity index (χ0n) is 11.8. The zero-order valence-corrected chi connectivity index (χ0v) is 11.8. The molecule has 0 unspecified atom stereocenters. The van der Waals surface area contributed by atoms with E-state index in [0.29, 0.717) is 6.42 Å². The van der Waals surface area contributed by atoms with Crippen molar-refractivity contribution in [3.05, 3.63) is 24.3 Å². The van der Waals surface area contributed by atoms with Crippen LogP contribution in [0, 0.1) is 5.92 Å². The van der Waals surface area contributed by atoms with Crippen LogP contribution in [-0.4, -0.2) is 27.7 Å². The lowest BCUT2D eigenvalue weighted by Gasteiger charge is -2.29. The fraction of sp³-hybridized carbons (Fsp3) is 0.600. The van der Waals surface area contributed by atoms with Crippen LogP contribution in [0.3, 0.4) is 0 Å². The minimum Gasteiger partial charge on any atom is -0.339 e. The molecule has 5 nitrogen and oxygen atoms in total. The van der Waals surface area contributed by atoms with E-state index in [9.17, 15) is 9.59 Å². The van der Waals surface area contributed by atoms with Gasteiger partial charge < -0.3 is 5.32 Å². The predicted octanol–water partition coefficient (Wildman–Crippen LogP) is 2.13. The first-order valence-corrected chi connectivity index (χ1v) is 7.33. The highest BCUT2D eigenvalue weighted by Gasteiger charge is 2.30. The number of amides is 1. The largest absolute Gasteiger partial charge is 0.339 e. The van der Waals surface area contributed by atoms with E-state index in [-0.39, 0.29) is 23.4 Å². The second-order valence-corrected chi connectivity index (χ2v) is 5.24. The summed E-state index contributed by atoms with van der Waals surface area (Å²) in [4.78, 5) is 32.1. The molecule has 0 bridgehead atoms. The van der Waals surface area contributed by atoms with Gasteiger partial charge in [-0.25, -0.2) is 9.97 Å². The third kappa shape index (κ3) is 3.62. The Balaban J connectivity index is 2.07. The number of rotatable bonds is 5. The van der Waals surface area contributed by atoms with Crippen LogP contribution in [0.25, 0.3) is 0 Å². The number of aromatic nitrogens is 2. The van der Waals surface area contributed by atoms with Crippen molar-refractivity contribution in [2.24, 2.45) is 5.92 Å². The molecule has 1 atom stereocenters. The SMILES string of the molecule is CCC(=O)[C@H](NC(=O)c1ncccn1)C1CCCCC1. The van der Waals surface area contributed by atoms with Crippen molar-refractivity contribution in [1.82, 2.24) is 15.3 Å². The summed E-state index contributed by atoms with van der Waals surface area (Å²) in [6.45, 7) is 1.84. The minimum absolute atomic E-state index is 0.0983. The van der Waals surface area contributed by atoms with E-state index in [2.05, 4.69) is 15.3 Å². The summed E-state index contributed by atoms with van der Waals surface area (Å²) in [6, 6.07) is 1.27. The van der Waals surface area contributed by atoms with Crippen LogP contribution < -0.4 is 5.32 Å². The molecule has 1 N–H and O–H groups in total. The number of hydrogen-bond donors (Lipinski definition) is 1. The van der Waals surface area contributed by atoms with Crippen molar-refractivity contribution < 1.29 is 9.59 Å². The highest BCUT2D eigenvalue weighted by atomic mass is 16.2. The first-order chi connectivity index (χ1) is 9.72. The number of carbonyl (C=O) groups excluding carboxylic acids is 2. The molecule has 0 radical (unpaired) electrons. The Morgan fingerprint density at radius 3 is 2.50 bits per heavy atom. The van der Waals surface area contributed by atoms with Gasteiger partial charge in [0.25, 0.3) is 5.91 Å². The molecule has 0 aromatic carbocycles. The summed E-state index contributed by atoms with van der Waals surface area (Å²) in [5.41, 5.74) is 0. The van der Waals surface area contributed by atoms with E-state index in [1.54, 1.807) is 6.07 Å². The van der Waals surface area contributed by atoms with Crippen molar-refractivity contribution in [3.8, 4) is 0 Å². The Hall–Kier alpha value is -1.78. The Kier molecular flexibility index (Phi) is 5.21. The molecule has 5 heteroatoms. The van der Waals surface area contributed by atoms with E-state index in [1.165, 1.54) is 18.8 Å². The molecule has 1 aliphatic carbocycles. The molecular formula is C15H21N3O2. The van der Waals surface area contributed by atoms with Crippen molar-refractivity contribution >= 4 is 11.7 Å². The van der Waals surface area contributed by atoms with Gasteiger partial charge in [-0.1, -0.05) is 26.2 Å². The van der Waals surface area contributed by atoms with Gasteiger partial charge in [-0.2, -0.15) is 0 Å². The fourth-order valence-electron chi connectivity index (χ4n) is 2.77. The van der Waals surface area contributed by atoms with Crippen molar-refractivity contribution in [1.29, 1.82) is 0 Å². The number of carbonyl (C=O) groups is 2. The van der Waals surface area contributed by atoms with Crippen LogP contribution >= 0.6 is 0 Å². The molecule has 1 aromatic rings. The molecule has 1 aromatic heterocycles. The molecule has 20 heavy (non-hydrogen) atoms.